The number of hydrogen-bond acceptors (Lipinski definition) is 2. The number of nitrogens with zero attached hydrogens (tertiary/aromatic N) is 2. The summed E-state index contributed by atoms with van der Waals surface area (Å²) < 4.78 is 0. The molecule has 1 aliphatic rings. The van der Waals surface area contributed by atoms with E-state index in [-0.39, 0.29) is 17.8 Å². The third-order valence-electron chi connectivity index (χ3n) is 3.54. The molecule has 0 saturated heterocycles. The number of guanidine groups is 2. The molecule has 0 radical (unpaired) electrons. The van der Waals surface area contributed by atoms with Gasteiger partial charge >= 0.3 is 0 Å². The zero-order valence-electron chi connectivity index (χ0n) is 11.0. The molecule has 6 heteroatoms. The SMILES string of the molecule is CC(N=C(N)N)(N=C(N)N)C1Cc2ccccc2C1. The second kappa shape index (κ2) is 4.79. The molecule has 19 heavy (non-hydrogen) atoms. The standard InChI is InChI=1S/C13H20N6/c1-13(18-11(14)15,19-12(16)17)10-6-8-4-2-3-5-9(8)7-10/h2-5,10H,6-7H2,1H3,(H4,14,15,18)(H4,16,17,19). The van der Waals surface area contributed by atoms with Crippen LogP contribution in [0.25, 0.3) is 0 Å². The van der Waals surface area contributed by atoms with E-state index in [1.54, 1.807) is 0 Å². The average molecular weight is 260 g/mol. The predicted octanol–water partition coefficient (Wildman–Crippen LogP) is -0.336. The number of nitrogens with two attached hydrogens (primary N) is 4. The number of benzene rings is 1. The maximum Gasteiger partial charge on any atom is 0.188 e. The smallest absolute Gasteiger partial charge is 0.188 e. The van der Waals surface area contributed by atoms with E-state index in [0.717, 1.165) is 12.8 Å². The zero-order valence-corrected chi connectivity index (χ0v) is 11.0. The molecule has 0 unspecified atom stereocenters. The first-order valence-corrected chi connectivity index (χ1v) is 6.19. The van der Waals surface area contributed by atoms with Crippen LogP contribution in [0.1, 0.15) is 18.1 Å². The minimum Gasteiger partial charge on any atom is -0.370 e. The Labute approximate surface area is 112 Å². The highest BCUT2D eigenvalue weighted by atomic mass is 15.2. The molecule has 6 nitrogen and oxygen atoms in total. The quantitative estimate of drug-likeness (QED) is 0.438. The van der Waals surface area contributed by atoms with Crippen LogP contribution >= 0.6 is 0 Å². The van der Waals surface area contributed by atoms with Crippen LogP contribution < -0.4 is 22.9 Å². The zero-order chi connectivity index (χ0) is 14.0. The first-order chi connectivity index (χ1) is 8.90. The molecule has 0 saturated carbocycles. The molecule has 0 bridgehead atoms. The van der Waals surface area contributed by atoms with Gasteiger partial charge in [-0.05, 0) is 30.9 Å². The minimum absolute atomic E-state index is 0.0107. The van der Waals surface area contributed by atoms with Gasteiger partial charge in [-0.15, -0.1) is 0 Å². The van der Waals surface area contributed by atoms with Gasteiger partial charge in [0, 0.05) is 5.92 Å². The lowest BCUT2D eigenvalue weighted by Crippen LogP contribution is -2.40. The maximum atomic E-state index is 5.50. The minimum atomic E-state index is -0.823. The Bertz CT molecular complexity index is 483. The van der Waals surface area contributed by atoms with Crippen molar-refractivity contribution in [2.75, 3.05) is 0 Å². The lowest BCUT2D eigenvalue weighted by molar-refractivity contribution is 0.320. The first-order valence-electron chi connectivity index (χ1n) is 6.19. The fourth-order valence-electron chi connectivity index (χ4n) is 2.68. The van der Waals surface area contributed by atoms with Crippen molar-refractivity contribution in [3.05, 3.63) is 35.4 Å². The van der Waals surface area contributed by atoms with Crippen LogP contribution in [-0.4, -0.2) is 17.6 Å². The Morgan fingerprint density at radius 1 is 1.00 bits per heavy atom. The van der Waals surface area contributed by atoms with E-state index in [1.807, 2.05) is 19.1 Å². The molecule has 2 rings (SSSR count). The van der Waals surface area contributed by atoms with E-state index in [1.165, 1.54) is 11.1 Å². The molecule has 0 fully saturated rings. The van der Waals surface area contributed by atoms with Gasteiger partial charge in [-0.3, -0.25) is 0 Å². The van der Waals surface area contributed by atoms with E-state index in [0.29, 0.717) is 0 Å². The Kier molecular flexibility index (Phi) is 3.33. The summed E-state index contributed by atoms with van der Waals surface area (Å²) in [6.45, 7) is 1.85. The number of fused-ring (bicyclic) bond motifs is 1. The van der Waals surface area contributed by atoms with Crippen LogP contribution in [0.15, 0.2) is 34.3 Å². The summed E-state index contributed by atoms with van der Waals surface area (Å²) in [6.07, 6.45) is 1.72. The van der Waals surface area contributed by atoms with E-state index in [9.17, 15) is 0 Å². The summed E-state index contributed by atoms with van der Waals surface area (Å²) in [5.41, 5.74) is 23.8. The summed E-state index contributed by atoms with van der Waals surface area (Å²) in [5.74, 6) is 0.126. The van der Waals surface area contributed by atoms with Crippen LogP contribution in [0.4, 0.5) is 0 Å². The summed E-state index contributed by atoms with van der Waals surface area (Å²) in [6, 6.07) is 8.28. The molecule has 0 aliphatic heterocycles. The fourth-order valence-corrected chi connectivity index (χ4v) is 2.68. The van der Waals surface area contributed by atoms with Gasteiger partial charge in [-0.1, -0.05) is 24.3 Å². The van der Waals surface area contributed by atoms with Gasteiger partial charge in [0.25, 0.3) is 0 Å². The van der Waals surface area contributed by atoms with Crippen molar-refractivity contribution in [2.24, 2.45) is 38.8 Å². The van der Waals surface area contributed by atoms with Crippen molar-refractivity contribution in [1.29, 1.82) is 0 Å². The molecule has 0 heterocycles. The molecule has 0 spiro atoms. The van der Waals surface area contributed by atoms with Crippen molar-refractivity contribution in [3.63, 3.8) is 0 Å². The van der Waals surface area contributed by atoms with Crippen molar-refractivity contribution in [3.8, 4) is 0 Å². The molecule has 0 amide bonds. The van der Waals surface area contributed by atoms with Crippen LogP contribution in [0.2, 0.25) is 0 Å². The maximum absolute atomic E-state index is 5.50. The third-order valence-corrected chi connectivity index (χ3v) is 3.54. The van der Waals surface area contributed by atoms with Crippen LogP contribution in [0, 0.1) is 5.92 Å². The van der Waals surface area contributed by atoms with Crippen LogP contribution in [0.5, 0.6) is 0 Å². The number of rotatable bonds is 3. The van der Waals surface area contributed by atoms with E-state index >= 15 is 0 Å². The third kappa shape index (κ3) is 2.78. The molecule has 102 valence electrons. The second-order valence-electron chi connectivity index (χ2n) is 5.04. The highest BCUT2D eigenvalue weighted by Gasteiger charge is 2.38. The summed E-state index contributed by atoms with van der Waals surface area (Å²) in [7, 11) is 0. The molecule has 0 aromatic heterocycles. The highest BCUT2D eigenvalue weighted by molar-refractivity contribution is 5.78. The molecule has 0 atom stereocenters. The molecule has 1 aromatic rings. The Morgan fingerprint density at radius 3 is 1.79 bits per heavy atom. The Balaban J connectivity index is 2.33. The first kappa shape index (κ1) is 13.2. The van der Waals surface area contributed by atoms with E-state index in [2.05, 4.69) is 22.1 Å². The molecule has 8 N–H and O–H groups in total. The topological polar surface area (TPSA) is 129 Å². The van der Waals surface area contributed by atoms with Gasteiger partial charge in [-0.2, -0.15) is 0 Å². The Morgan fingerprint density at radius 2 is 1.42 bits per heavy atom. The fraction of sp³-hybridized carbons (Fsp3) is 0.385. The second-order valence-corrected chi connectivity index (χ2v) is 5.04. The monoisotopic (exact) mass is 260 g/mol. The lowest BCUT2D eigenvalue weighted by atomic mass is 9.92. The largest absolute Gasteiger partial charge is 0.370 e. The van der Waals surface area contributed by atoms with E-state index < -0.39 is 5.66 Å². The van der Waals surface area contributed by atoms with Crippen LogP contribution in [0.3, 0.4) is 0 Å². The van der Waals surface area contributed by atoms with Gasteiger partial charge in [0.05, 0.1) is 0 Å². The number of aliphatic imine (C=N–C) groups is 2. The van der Waals surface area contributed by atoms with Gasteiger partial charge in [0.2, 0.25) is 0 Å². The van der Waals surface area contributed by atoms with Gasteiger partial charge in [0.15, 0.2) is 17.6 Å². The van der Waals surface area contributed by atoms with E-state index in [4.69, 9.17) is 22.9 Å². The average Bonchev–Trinajstić information content (AvgIpc) is 2.70. The summed E-state index contributed by atoms with van der Waals surface area (Å²) >= 11 is 0. The highest BCUT2D eigenvalue weighted by Crippen LogP contribution is 2.36. The summed E-state index contributed by atoms with van der Waals surface area (Å²) in [4.78, 5) is 8.48. The van der Waals surface area contributed by atoms with Gasteiger partial charge in [-0.25, -0.2) is 9.98 Å². The van der Waals surface area contributed by atoms with Crippen molar-refractivity contribution in [2.45, 2.75) is 25.4 Å². The van der Waals surface area contributed by atoms with Crippen molar-refractivity contribution >= 4 is 11.9 Å². The summed E-state index contributed by atoms with van der Waals surface area (Å²) in [5, 5.41) is 0. The molecule has 1 aromatic carbocycles. The molecule has 1 aliphatic carbocycles. The van der Waals surface area contributed by atoms with Crippen molar-refractivity contribution in [1.82, 2.24) is 0 Å². The predicted molar refractivity (Wildman–Crippen MR) is 77.4 cm³/mol. The lowest BCUT2D eigenvalue weighted by Gasteiger charge is -2.27. The normalized spacial score (nSPS) is 14.8. The van der Waals surface area contributed by atoms with Crippen LogP contribution in [-0.2, 0) is 12.8 Å². The molecular weight excluding hydrogens is 240 g/mol. The molecular formula is C13H20N6. The number of hydrogen-bond donors (Lipinski definition) is 4. The van der Waals surface area contributed by atoms with Gasteiger partial charge < -0.3 is 22.9 Å². The van der Waals surface area contributed by atoms with Crippen molar-refractivity contribution < 1.29 is 0 Å². The Hall–Kier alpha value is -2.24. The van der Waals surface area contributed by atoms with Gasteiger partial charge in [0.1, 0.15) is 0 Å².